The summed E-state index contributed by atoms with van der Waals surface area (Å²) in [4.78, 5) is 34.1. The van der Waals surface area contributed by atoms with Crippen molar-refractivity contribution < 1.29 is 23.8 Å². The summed E-state index contributed by atoms with van der Waals surface area (Å²) in [6.45, 7) is 1.95. The summed E-state index contributed by atoms with van der Waals surface area (Å²) < 4.78 is 23.8. The number of amides is 1. The standard InChI is InChI=1S/C34H37FN4O4/c1-37(2)15-16-38-19-23-17-25(43-21-24-7-5-6-14-36-24)11-13-26(23)33-32(27-8-3-4-9-29(27)35)28-12-10-22(34(41)42)18-30(28)39(33)20-31(38)40/h5-7,10-14,17-18,27,29H,3-4,8-9,15-16,19-21H2,1-2H3,(H,41,42)/t27-,29-/m0/s1. The average Bonchev–Trinajstić information content (AvgIpc) is 3.30. The second-order valence-electron chi connectivity index (χ2n) is 11.8. The van der Waals surface area contributed by atoms with E-state index in [1.54, 1.807) is 24.4 Å². The maximum atomic E-state index is 15.7. The summed E-state index contributed by atoms with van der Waals surface area (Å²) in [5.41, 5.74) is 5.08. The van der Waals surface area contributed by atoms with E-state index in [0.29, 0.717) is 50.3 Å². The first-order chi connectivity index (χ1) is 20.8. The third-order valence-electron chi connectivity index (χ3n) is 8.67. The number of carbonyl (C=O) groups excluding carboxylic acids is 1. The summed E-state index contributed by atoms with van der Waals surface area (Å²) in [5.74, 6) is -0.794. The molecule has 1 amide bonds. The predicted octanol–water partition coefficient (Wildman–Crippen LogP) is 5.88. The first kappa shape index (κ1) is 28.9. The largest absolute Gasteiger partial charge is 0.487 e. The highest BCUT2D eigenvalue weighted by molar-refractivity contribution is 5.99. The number of ether oxygens (including phenoxy) is 1. The smallest absolute Gasteiger partial charge is 0.335 e. The van der Waals surface area contributed by atoms with Gasteiger partial charge in [-0.25, -0.2) is 9.18 Å². The number of halogens is 1. The van der Waals surface area contributed by atoms with Crippen LogP contribution in [0.3, 0.4) is 0 Å². The fourth-order valence-corrected chi connectivity index (χ4v) is 6.47. The molecule has 3 heterocycles. The average molecular weight is 585 g/mol. The van der Waals surface area contributed by atoms with Crippen LogP contribution in [0.25, 0.3) is 22.2 Å². The number of carboxylic acid groups (broad SMARTS) is 1. The van der Waals surface area contributed by atoms with Crippen molar-refractivity contribution in [1.29, 1.82) is 0 Å². The highest BCUT2D eigenvalue weighted by Crippen LogP contribution is 2.47. The molecule has 1 fully saturated rings. The van der Waals surface area contributed by atoms with Crippen molar-refractivity contribution in [2.45, 2.75) is 57.5 Å². The molecule has 224 valence electrons. The minimum absolute atomic E-state index is 0.0450. The van der Waals surface area contributed by atoms with Crippen molar-refractivity contribution in [3.63, 3.8) is 0 Å². The maximum absolute atomic E-state index is 15.7. The van der Waals surface area contributed by atoms with E-state index in [1.807, 2.05) is 64.9 Å². The second-order valence-corrected chi connectivity index (χ2v) is 11.8. The minimum Gasteiger partial charge on any atom is -0.487 e. The molecular weight excluding hydrogens is 547 g/mol. The Balaban J connectivity index is 1.54. The molecule has 2 atom stereocenters. The lowest BCUT2D eigenvalue weighted by Crippen LogP contribution is -2.39. The number of fused-ring (bicyclic) bond motifs is 5. The van der Waals surface area contributed by atoms with Gasteiger partial charge in [0.05, 0.1) is 22.5 Å². The first-order valence-corrected chi connectivity index (χ1v) is 14.9. The van der Waals surface area contributed by atoms with Crippen molar-refractivity contribution in [2.75, 3.05) is 27.2 Å². The number of carboxylic acids is 1. The fourth-order valence-electron chi connectivity index (χ4n) is 6.47. The number of alkyl halides is 1. The Morgan fingerprint density at radius 2 is 1.93 bits per heavy atom. The Labute approximate surface area is 250 Å². The summed E-state index contributed by atoms with van der Waals surface area (Å²) in [6.07, 6.45) is 3.69. The van der Waals surface area contributed by atoms with Gasteiger partial charge >= 0.3 is 5.97 Å². The molecule has 1 N–H and O–H groups in total. The Kier molecular flexibility index (Phi) is 8.17. The quantitative estimate of drug-likeness (QED) is 0.278. The molecule has 2 aromatic heterocycles. The van der Waals surface area contributed by atoms with Gasteiger partial charge in [-0.2, -0.15) is 0 Å². The van der Waals surface area contributed by atoms with E-state index in [4.69, 9.17) is 4.74 Å². The van der Waals surface area contributed by atoms with Gasteiger partial charge < -0.3 is 24.2 Å². The molecule has 6 rings (SSSR count). The van der Waals surface area contributed by atoms with Gasteiger partial charge in [-0.15, -0.1) is 0 Å². The van der Waals surface area contributed by atoms with E-state index in [9.17, 15) is 14.7 Å². The highest BCUT2D eigenvalue weighted by atomic mass is 19.1. The molecule has 1 aliphatic heterocycles. The van der Waals surface area contributed by atoms with Crippen molar-refractivity contribution in [1.82, 2.24) is 19.4 Å². The SMILES string of the molecule is CN(C)CCN1Cc2cc(OCc3ccccn3)ccc2-c2c([C@H]3CCCC[C@@H]3F)c3ccc(C(=O)O)cc3n2CC1=O. The van der Waals surface area contributed by atoms with E-state index >= 15 is 4.39 Å². The summed E-state index contributed by atoms with van der Waals surface area (Å²) >= 11 is 0. The molecule has 0 saturated heterocycles. The molecule has 43 heavy (non-hydrogen) atoms. The Bertz CT molecular complexity index is 1650. The molecule has 1 saturated carbocycles. The van der Waals surface area contributed by atoms with Crippen LogP contribution in [0.5, 0.6) is 5.75 Å². The van der Waals surface area contributed by atoms with E-state index in [2.05, 4.69) is 4.98 Å². The van der Waals surface area contributed by atoms with Crippen LogP contribution in [0.15, 0.2) is 60.8 Å². The third-order valence-corrected chi connectivity index (χ3v) is 8.67. The third kappa shape index (κ3) is 5.86. The molecule has 2 aliphatic rings. The van der Waals surface area contributed by atoms with Gasteiger partial charge in [0.15, 0.2) is 0 Å². The molecule has 4 aromatic rings. The van der Waals surface area contributed by atoms with Crippen LogP contribution in [-0.2, 0) is 24.5 Å². The number of likely N-dealkylation sites (N-methyl/N-ethyl adjacent to an activating group) is 1. The van der Waals surface area contributed by atoms with Crippen molar-refractivity contribution in [3.8, 4) is 17.0 Å². The Hall–Kier alpha value is -4.24. The van der Waals surface area contributed by atoms with Crippen LogP contribution in [0.2, 0.25) is 0 Å². The number of rotatable bonds is 8. The number of carbonyl (C=O) groups is 2. The molecule has 8 nitrogen and oxygen atoms in total. The number of aromatic nitrogens is 2. The van der Waals surface area contributed by atoms with Crippen molar-refractivity contribution in [2.24, 2.45) is 0 Å². The van der Waals surface area contributed by atoms with Gasteiger partial charge in [0.2, 0.25) is 5.91 Å². The first-order valence-electron chi connectivity index (χ1n) is 14.9. The zero-order valence-corrected chi connectivity index (χ0v) is 24.6. The van der Waals surface area contributed by atoms with Crippen LogP contribution in [0.4, 0.5) is 4.39 Å². The van der Waals surface area contributed by atoms with Gasteiger partial charge in [-0.1, -0.05) is 25.0 Å². The van der Waals surface area contributed by atoms with Gasteiger partial charge in [0.1, 0.15) is 25.1 Å². The molecule has 2 aromatic carbocycles. The Morgan fingerprint density at radius 1 is 1.09 bits per heavy atom. The monoisotopic (exact) mass is 584 g/mol. The lowest BCUT2D eigenvalue weighted by Gasteiger charge is -2.31. The topological polar surface area (TPSA) is 87.9 Å². The lowest BCUT2D eigenvalue weighted by atomic mass is 9.80. The second kappa shape index (κ2) is 12.2. The summed E-state index contributed by atoms with van der Waals surface area (Å²) in [5, 5.41) is 10.6. The normalized spacial score (nSPS) is 18.7. The maximum Gasteiger partial charge on any atom is 0.335 e. The number of benzene rings is 2. The molecule has 1 aliphatic carbocycles. The fraction of sp³-hybridized carbons (Fsp3) is 0.382. The van der Waals surface area contributed by atoms with Crippen LogP contribution in [-0.4, -0.2) is 69.7 Å². The molecule has 0 unspecified atom stereocenters. The zero-order valence-electron chi connectivity index (χ0n) is 24.6. The highest BCUT2D eigenvalue weighted by Gasteiger charge is 2.35. The molecule has 0 spiro atoms. The van der Waals surface area contributed by atoms with Crippen LogP contribution in [0.1, 0.15) is 58.8 Å². The number of hydrogen-bond acceptors (Lipinski definition) is 5. The van der Waals surface area contributed by atoms with Crippen LogP contribution in [0, 0.1) is 0 Å². The molecule has 0 radical (unpaired) electrons. The van der Waals surface area contributed by atoms with Gasteiger partial charge in [-0.3, -0.25) is 9.78 Å². The summed E-state index contributed by atoms with van der Waals surface area (Å²) in [6, 6.07) is 16.6. The van der Waals surface area contributed by atoms with E-state index in [1.165, 1.54) is 0 Å². The number of aromatic carboxylic acids is 1. The van der Waals surface area contributed by atoms with Crippen LogP contribution < -0.4 is 4.74 Å². The van der Waals surface area contributed by atoms with Gasteiger partial charge in [-0.05, 0) is 80.5 Å². The number of pyridine rings is 1. The van der Waals surface area contributed by atoms with E-state index < -0.39 is 12.1 Å². The van der Waals surface area contributed by atoms with E-state index in [0.717, 1.165) is 46.3 Å². The van der Waals surface area contributed by atoms with Crippen molar-refractivity contribution >= 4 is 22.8 Å². The zero-order chi connectivity index (χ0) is 30.1. The minimum atomic E-state index is -1.04. The van der Waals surface area contributed by atoms with E-state index in [-0.39, 0.29) is 23.9 Å². The number of nitrogens with zero attached hydrogens (tertiary/aromatic N) is 4. The van der Waals surface area contributed by atoms with Crippen molar-refractivity contribution in [3.05, 3.63) is 83.2 Å². The number of hydrogen-bond donors (Lipinski definition) is 1. The summed E-state index contributed by atoms with van der Waals surface area (Å²) in [7, 11) is 3.95. The molecule has 9 heteroatoms. The van der Waals surface area contributed by atoms with Gasteiger partial charge in [0, 0.05) is 42.7 Å². The van der Waals surface area contributed by atoms with Crippen LogP contribution >= 0.6 is 0 Å². The van der Waals surface area contributed by atoms with Gasteiger partial charge in [0.25, 0.3) is 0 Å². The molecule has 0 bridgehead atoms. The lowest BCUT2D eigenvalue weighted by molar-refractivity contribution is -0.132. The predicted molar refractivity (Wildman–Crippen MR) is 163 cm³/mol. The Morgan fingerprint density at radius 3 is 2.67 bits per heavy atom. The molecular formula is C34H37FN4O4.